The molecule has 174 valence electrons. The lowest BCUT2D eigenvalue weighted by molar-refractivity contribution is -0.137. The fraction of sp³-hybridized carbons (Fsp3) is 0.448. The third-order valence-electron chi connectivity index (χ3n) is 6.89. The van der Waals surface area contributed by atoms with Crippen LogP contribution in [-0.2, 0) is 22.6 Å². The maximum absolute atomic E-state index is 13.6. The second-order valence-corrected chi connectivity index (χ2v) is 9.27. The lowest BCUT2D eigenvalue weighted by Crippen LogP contribution is -2.37. The normalized spacial score (nSPS) is 16.0. The Bertz CT molecular complexity index is 996. The molecule has 0 unspecified atom stereocenters. The van der Waals surface area contributed by atoms with E-state index in [9.17, 15) is 9.59 Å². The van der Waals surface area contributed by atoms with Crippen molar-refractivity contribution in [3.8, 4) is 0 Å². The van der Waals surface area contributed by atoms with E-state index in [2.05, 4.69) is 30.0 Å². The molecule has 2 aliphatic rings. The maximum Gasteiger partial charge on any atom is 0.277 e. The van der Waals surface area contributed by atoms with Crippen LogP contribution in [0, 0.1) is 0 Å². The summed E-state index contributed by atoms with van der Waals surface area (Å²) in [5, 5.41) is 0. The van der Waals surface area contributed by atoms with Crippen molar-refractivity contribution in [2.75, 3.05) is 13.1 Å². The summed E-state index contributed by atoms with van der Waals surface area (Å²) in [6.07, 6.45) is 10.4. The van der Waals surface area contributed by atoms with E-state index < -0.39 is 0 Å². The molecule has 0 aliphatic carbocycles. The molecule has 4 rings (SSSR count). The summed E-state index contributed by atoms with van der Waals surface area (Å²) in [7, 11) is 0. The van der Waals surface area contributed by atoms with Gasteiger partial charge in [0, 0.05) is 19.6 Å². The molecule has 0 N–H and O–H groups in total. The van der Waals surface area contributed by atoms with Gasteiger partial charge in [0.2, 0.25) is 0 Å². The summed E-state index contributed by atoms with van der Waals surface area (Å²) in [6, 6.07) is 18.1. The minimum absolute atomic E-state index is 0.124. The molecule has 2 heterocycles. The summed E-state index contributed by atoms with van der Waals surface area (Å²) in [6.45, 7) is 4.18. The number of nitrogens with zero attached hydrogens (tertiary/aromatic N) is 2. The summed E-state index contributed by atoms with van der Waals surface area (Å²) in [4.78, 5) is 30.6. The Balaban J connectivity index is 1.47. The van der Waals surface area contributed by atoms with Crippen LogP contribution in [0.5, 0.6) is 0 Å². The number of rotatable bonds is 11. The van der Waals surface area contributed by atoms with Gasteiger partial charge < -0.3 is 4.90 Å². The molecule has 0 radical (unpaired) electrons. The zero-order valence-electron chi connectivity index (χ0n) is 19.9. The molecule has 2 aliphatic heterocycles. The first-order chi connectivity index (χ1) is 16.2. The van der Waals surface area contributed by atoms with E-state index in [1.165, 1.54) is 54.6 Å². The zero-order valence-corrected chi connectivity index (χ0v) is 19.9. The first-order valence-corrected chi connectivity index (χ1v) is 12.7. The molecule has 2 aromatic carbocycles. The predicted molar refractivity (Wildman–Crippen MR) is 133 cm³/mol. The highest BCUT2D eigenvalue weighted by atomic mass is 16.2. The fourth-order valence-electron chi connectivity index (χ4n) is 5.02. The molecular weight excluding hydrogens is 408 g/mol. The highest BCUT2D eigenvalue weighted by molar-refractivity contribution is 6.35. The maximum atomic E-state index is 13.6. The van der Waals surface area contributed by atoms with Gasteiger partial charge in [-0.3, -0.25) is 14.5 Å². The minimum atomic E-state index is -0.136. The van der Waals surface area contributed by atoms with Crippen molar-refractivity contribution in [3.63, 3.8) is 0 Å². The summed E-state index contributed by atoms with van der Waals surface area (Å²) < 4.78 is 0. The van der Waals surface area contributed by atoms with Gasteiger partial charge >= 0.3 is 0 Å². The first-order valence-electron chi connectivity index (χ1n) is 12.7. The van der Waals surface area contributed by atoms with Gasteiger partial charge in [-0.1, -0.05) is 106 Å². The van der Waals surface area contributed by atoms with Gasteiger partial charge in [-0.2, -0.15) is 0 Å². The van der Waals surface area contributed by atoms with E-state index >= 15 is 0 Å². The van der Waals surface area contributed by atoms with E-state index in [0.717, 1.165) is 31.4 Å². The van der Waals surface area contributed by atoms with E-state index in [-0.39, 0.29) is 11.8 Å². The van der Waals surface area contributed by atoms with Crippen molar-refractivity contribution >= 4 is 17.4 Å². The van der Waals surface area contributed by atoms with Gasteiger partial charge in [-0.05, 0) is 29.5 Å². The number of carbonyl (C=O) groups is 2. The minimum Gasteiger partial charge on any atom is -0.362 e. The lowest BCUT2D eigenvalue weighted by atomic mass is 9.98. The third kappa shape index (κ3) is 5.38. The molecule has 0 bridgehead atoms. The summed E-state index contributed by atoms with van der Waals surface area (Å²) >= 11 is 0. The number of unbranched alkanes of at least 4 members (excludes halogenated alkanes) is 7. The van der Waals surface area contributed by atoms with Crippen molar-refractivity contribution in [1.82, 2.24) is 9.80 Å². The molecule has 0 fully saturated rings. The van der Waals surface area contributed by atoms with Crippen molar-refractivity contribution in [2.45, 2.75) is 71.3 Å². The van der Waals surface area contributed by atoms with E-state index in [1.54, 1.807) is 0 Å². The Kier molecular flexibility index (Phi) is 7.98. The summed E-state index contributed by atoms with van der Waals surface area (Å²) in [5.41, 5.74) is 4.57. The molecule has 0 aromatic heterocycles. The van der Waals surface area contributed by atoms with Crippen LogP contribution in [0.1, 0.15) is 75.0 Å². The molecule has 0 atom stereocenters. The molecule has 0 saturated carbocycles. The van der Waals surface area contributed by atoms with Crippen molar-refractivity contribution in [3.05, 3.63) is 77.0 Å². The van der Waals surface area contributed by atoms with Gasteiger partial charge in [0.15, 0.2) is 0 Å². The highest BCUT2D eigenvalue weighted by Crippen LogP contribution is 2.34. The fourth-order valence-corrected chi connectivity index (χ4v) is 5.02. The monoisotopic (exact) mass is 444 g/mol. The molecule has 2 amide bonds. The van der Waals surface area contributed by atoms with Gasteiger partial charge in [-0.15, -0.1) is 0 Å². The van der Waals surface area contributed by atoms with E-state index in [1.807, 2.05) is 36.4 Å². The standard InChI is InChI=1S/C29H36N2O2/c1-2-3-4-5-6-7-8-14-20-31-28(32)26(24-16-10-9-11-17-24)27(29(31)33)30-21-19-23-15-12-13-18-25(23)22-30/h9-13,15-18H,2-8,14,19-22H2,1H3. The van der Waals surface area contributed by atoms with Crippen LogP contribution in [0.3, 0.4) is 0 Å². The van der Waals surface area contributed by atoms with Crippen LogP contribution < -0.4 is 0 Å². The van der Waals surface area contributed by atoms with Gasteiger partial charge in [-0.25, -0.2) is 0 Å². The third-order valence-corrected chi connectivity index (χ3v) is 6.89. The number of amides is 2. The summed E-state index contributed by atoms with van der Waals surface area (Å²) in [5.74, 6) is -0.260. The second-order valence-electron chi connectivity index (χ2n) is 9.27. The number of carbonyl (C=O) groups excluding carboxylic acids is 2. The number of hydrogen-bond donors (Lipinski definition) is 0. The van der Waals surface area contributed by atoms with E-state index in [0.29, 0.717) is 24.4 Å². The Morgan fingerprint density at radius 3 is 2.09 bits per heavy atom. The average Bonchev–Trinajstić information content (AvgIpc) is 3.10. The van der Waals surface area contributed by atoms with Crippen molar-refractivity contribution in [1.29, 1.82) is 0 Å². The SMILES string of the molecule is CCCCCCCCCCN1C(=O)C(c2ccccc2)=C(N2CCc3ccccc3C2)C1=O. The molecule has 33 heavy (non-hydrogen) atoms. The number of benzene rings is 2. The Morgan fingerprint density at radius 1 is 0.727 bits per heavy atom. The molecular formula is C29H36N2O2. The predicted octanol–water partition coefficient (Wildman–Crippen LogP) is 5.97. The second kappa shape index (κ2) is 11.3. The molecule has 4 nitrogen and oxygen atoms in total. The van der Waals surface area contributed by atoms with Crippen LogP contribution >= 0.6 is 0 Å². The van der Waals surface area contributed by atoms with Crippen LogP contribution in [0.4, 0.5) is 0 Å². The lowest BCUT2D eigenvalue weighted by Gasteiger charge is -2.31. The number of hydrogen-bond acceptors (Lipinski definition) is 3. The average molecular weight is 445 g/mol. The number of imide groups is 1. The number of fused-ring (bicyclic) bond motifs is 1. The Hall–Kier alpha value is -2.88. The zero-order chi connectivity index (χ0) is 23.0. The quantitative estimate of drug-likeness (QED) is 0.317. The Morgan fingerprint density at radius 2 is 1.36 bits per heavy atom. The van der Waals surface area contributed by atoms with E-state index in [4.69, 9.17) is 0 Å². The van der Waals surface area contributed by atoms with Gasteiger partial charge in [0.1, 0.15) is 5.70 Å². The van der Waals surface area contributed by atoms with Crippen LogP contribution in [-0.4, -0.2) is 34.7 Å². The van der Waals surface area contributed by atoms with Crippen LogP contribution in [0.2, 0.25) is 0 Å². The largest absolute Gasteiger partial charge is 0.362 e. The topological polar surface area (TPSA) is 40.6 Å². The molecule has 0 spiro atoms. The van der Waals surface area contributed by atoms with Crippen LogP contribution in [0.15, 0.2) is 60.3 Å². The van der Waals surface area contributed by atoms with Crippen LogP contribution in [0.25, 0.3) is 5.57 Å². The highest BCUT2D eigenvalue weighted by Gasteiger charge is 2.41. The van der Waals surface area contributed by atoms with Crippen molar-refractivity contribution < 1.29 is 9.59 Å². The molecule has 2 aromatic rings. The molecule has 0 saturated heterocycles. The first kappa shape index (κ1) is 23.3. The van der Waals surface area contributed by atoms with Gasteiger partial charge in [0.25, 0.3) is 11.8 Å². The van der Waals surface area contributed by atoms with Crippen molar-refractivity contribution in [2.24, 2.45) is 0 Å². The van der Waals surface area contributed by atoms with Gasteiger partial charge in [0.05, 0.1) is 5.57 Å². The Labute approximate surface area is 198 Å². The molecule has 4 heteroatoms. The smallest absolute Gasteiger partial charge is 0.277 e.